The van der Waals surface area contributed by atoms with Gasteiger partial charge in [0.05, 0.1) is 10.7 Å². The fourth-order valence-corrected chi connectivity index (χ4v) is 3.34. The van der Waals surface area contributed by atoms with Crippen molar-refractivity contribution in [3.8, 4) is 33.9 Å². The van der Waals surface area contributed by atoms with Crippen molar-refractivity contribution in [2.75, 3.05) is 0 Å². The van der Waals surface area contributed by atoms with Crippen LogP contribution in [0.5, 0.6) is 0 Å². The van der Waals surface area contributed by atoms with E-state index < -0.39 is 0 Å². The highest BCUT2D eigenvalue weighted by molar-refractivity contribution is 5.67. The summed E-state index contributed by atoms with van der Waals surface area (Å²) in [5.74, 6) is 0.235. The first kappa shape index (κ1) is 17.9. The summed E-state index contributed by atoms with van der Waals surface area (Å²) in [4.78, 5) is 3.29. The largest absolute Gasteiger partial charge is 0.340 e. The number of hydrogen-bond acceptors (Lipinski definition) is 2. The molecule has 5 heteroatoms. The van der Waals surface area contributed by atoms with Crippen LogP contribution in [0, 0.1) is 5.82 Å². The molecule has 0 aliphatic rings. The summed E-state index contributed by atoms with van der Waals surface area (Å²) in [6, 6.07) is 34.3. The van der Waals surface area contributed by atoms with Crippen LogP contribution in [0.1, 0.15) is 0 Å². The van der Waals surface area contributed by atoms with Crippen molar-refractivity contribution in [2.45, 2.75) is 0 Å². The van der Waals surface area contributed by atoms with E-state index in [2.05, 4.69) is 29.4 Å². The fourth-order valence-electron chi connectivity index (χ4n) is 3.34. The van der Waals surface area contributed by atoms with Gasteiger partial charge in [0.1, 0.15) is 11.5 Å². The Hall–Kier alpha value is -4.12. The third-order valence-electron chi connectivity index (χ3n) is 4.83. The lowest BCUT2D eigenvalue weighted by Crippen LogP contribution is -2.43. The van der Waals surface area contributed by atoms with E-state index in [1.165, 1.54) is 12.1 Å². The molecule has 0 atom stereocenters. The van der Waals surface area contributed by atoms with Crippen LogP contribution >= 0.6 is 0 Å². The Morgan fingerprint density at radius 1 is 0.633 bits per heavy atom. The second-order valence-electron chi connectivity index (χ2n) is 6.86. The summed E-state index contributed by atoms with van der Waals surface area (Å²) in [5.41, 5.74) is 4.59. The van der Waals surface area contributed by atoms with Crippen LogP contribution in [0.15, 0.2) is 109 Å². The van der Waals surface area contributed by atoms with Gasteiger partial charge in [-0.25, -0.2) is 4.39 Å². The Morgan fingerprint density at radius 2 is 1.27 bits per heavy atom. The van der Waals surface area contributed by atoms with E-state index in [1.54, 1.807) is 21.7 Å². The van der Waals surface area contributed by atoms with Gasteiger partial charge in [-0.1, -0.05) is 66.7 Å². The van der Waals surface area contributed by atoms with Gasteiger partial charge in [-0.15, -0.1) is 0 Å². The summed E-state index contributed by atoms with van der Waals surface area (Å²) >= 11 is 0. The molecule has 0 fully saturated rings. The highest BCUT2D eigenvalue weighted by Gasteiger charge is 2.23. The molecule has 1 aromatic heterocycles. The van der Waals surface area contributed by atoms with Crippen molar-refractivity contribution < 1.29 is 9.19 Å². The molecular formula is C25H18FN4+. The standard InChI is InChI=1S/C25H18FN4/c26-22-10-7-13-24(18-22)30-28-25(27-29(30)23-11-5-2-6-12-23)21-16-14-20(15-17-21)19-8-3-1-4-9-19/h1-18H/q+1. The van der Waals surface area contributed by atoms with Gasteiger partial charge in [0.25, 0.3) is 0 Å². The molecule has 4 nitrogen and oxygen atoms in total. The van der Waals surface area contributed by atoms with Gasteiger partial charge in [0.2, 0.25) is 0 Å². The zero-order chi connectivity index (χ0) is 20.3. The molecule has 4 aromatic carbocycles. The Balaban J connectivity index is 1.59. The lowest BCUT2D eigenvalue weighted by molar-refractivity contribution is -0.734. The van der Waals surface area contributed by atoms with Crippen molar-refractivity contribution in [3.63, 3.8) is 0 Å². The van der Waals surface area contributed by atoms with Crippen LogP contribution in [0.3, 0.4) is 0 Å². The van der Waals surface area contributed by atoms with E-state index >= 15 is 0 Å². The normalized spacial score (nSPS) is 10.8. The van der Waals surface area contributed by atoms with E-state index in [4.69, 9.17) is 5.10 Å². The molecule has 0 bridgehead atoms. The van der Waals surface area contributed by atoms with Crippen LogP contribution in [0.2, 0.25) is 0 Å². The minimum Gasteiger partial charge on any atom is -0.207 e. The van der Waals surface area contributed by atoms with Crippen LogP contribution in [-0.2, 0) is 0 Å². The number of halogens is 1. The van der Waals surface area contributed by atoms with Crippen LogP contribution in [0.25, 0.3) is 33.9 Å². The molecule has 1 heterocycles. The summed E-state index contributed by atoms with van der Waals surface area (Å²) in [5, 5.41) is 9.38. The molecule has 0 N–H and O–H groups in total. The van der Waals surface area contributed by atoms with Gasteiger partial charge in [-0.2, -0.15) is 0 Å². The van der Waals surface area contributed by atoms with Crippen LogP contribution < -0.4 is 4.80 Å². The minimum atomic E-state index is -0.323. The lowest BCUT2D eigenvalue weighted by atomic mass is 10.0. The molecular weight excluding hydrogens is 375 g/mol. The maximum Gasteiger partial charge on any atom is 0.340 e. The fraction of sp³-hybridized carbons (Fsp3) is 0. The highest BCUT2D eigenvalue weighted by Crippen LogP contribution is 2.23. The Labute approximate surface area is 173 Å². The summed E-state index contributed by atoms with van der Waals surface area (Å²) in [6.45, 7) is 0. The predicted octanol–water partition coefficient (Wildman–Crippen LogP) is 5.02. The third kappa shape index (κ3) is 3.49. The van der Waals surface area contributed by atoms with E-state index in [0.29, 0.717) is 11.5 Å². The molecule has 5 rings (SSSR count). The van der Waals surface area contributed by atoms with Crippen molar-refractivity contribution in [2.24, 2.45) is 0 Å². The Morgan fingerprint density at radius 3 is 1.97 bits per heavy atom. The first-order chi connectivity index (χ1) is 14.8. The molecule has 144 valence electrons. The topological polar surface area (TPSA) is 34.6 Å². The van der Waals surface area contributed by atoms with Gasteiger partial charge in [-0.3, -0.25) is 0 Å². The van der Waals surface area contributed by atoms with Gasteiger partial charge in [-0.05, 0) is 57.4 Å². The summed E-state index contributed by atoms with van der Waals surface area (Å²) < 4.78 is 13.9. The second kappa shape index (κ2) is 7.72. The van der Waals surface area contributed by atoms with E-state index in [9.17, 15) is 4.39 Å². The van der Waals surface area contributed by atoms with Crippen molar-refractivity contribution in [1.82, 2.24) is 15.0 Å². The maximum atomic E-state index is 13.9. The molecule has 0 aliphatic carbocycles. The Bertz CT molecular complexity index is 1280. The number of para-hydroxylation sites is 1. The quantitative estimate of drug-likeness (QED) is 0.402. The number of rotatable bonds is 4. The Kier molecular flexibility index (Phi) is 4.62. The zero-order valence-corrected chi connectivity index (χ0v) is 16.1. The van der Waals surface area contributed by atoms with Gasteiger partial charge < -0.3 is 0 Å². The number of hydrogen-bond donors (Lipinski definition) is 0. The maximum absolute atomic E-state index is 13.9. The molecule has 5 aromatic rings. The van der Waals surface area contributed by atoms with Gasteiger partial charge in [0, 0.05) is 10.9 Å². The molecule has 0 saturated carbocycles. The highest BCUT2D eigenvalue weighted by atomic mass is 19.1. The second-order valence-corrected chi connectivity index (χ2v) is 6.86. The molecule has 0 radical (unpaired) electrons. The molecule has 0 unspecified atom stereocenters. The smallest absolute Gasteiger partial charge is 0.207 e. The average molecular weight is 393 g/mol. The SMILES string of the molecule is Fc1cccc(-n2nc(-c3ccc(-c4ccccc4)cc3)n[n+]2-c2ccccc2)c1. The zero-order valence-electron chi connectivity index (χ0n) is 16.1. The van der Waals surface area contributed by atoms with Crippen molar-refractivity contribution in [1.29, 1.82) is 0 Å². The van der Waals surface area contributed by atoms with E-state index in [0.717, 1.165) is 22.4 Å². The third-order valence-corrected chi connectivity index (χ3v) is 4.83. The van der Waals surface area contributed by atoms with E-state index in [-0.39, 0.29) is 5.82 Å². The molecule has 30 heavy (non-hydrogen) atoms. The van der Waals surface area contributed by atoms with Crippen LogP contribution in [0.4, 0.5) is 4.39 Å². The first-order valence-corrected chi connectivity index (χ1v) is 9.65. The molecule has 0 saturated heterocycles. The minimum absolute atomic E-state index is 0.323. The van der Waals surface area contributed by atoms with E-state index in [1.807, 2.05) is 60.7 Å². The van der Waals surface area contributed by atoms with Crippen molar-refractivity contribution in [3.05, 3.63) is 115 Å². The number of aromatic nitrogens is 4. The summed E-state index contributed by atoms with van der Waals surface area (Å²) in [6.07, 6.45) is 0. The first-order valence-electron chi connectivity index (χ1n) is 9.65. The summed E-state index contributed by atoms with van der Waals surface area (Å²) in [7, 11) is 0. The molecule has 0 spiro atoms. The number of nitrogens with zero attached hydrogens (tertiary/aromatic N) is 4. The van der Waals surface area contributed by atoms with Crippen molar-refractivity contribution >= 4 is 0 Å². The average Bonchev–Trinajstić information content (AvgIpc) is 3.26. The lowest BCUT2D eigenvalue weighted by Gasteiger charge is -2.00. The predicted molar refractivity (Wildman–Crippen MR) is 114 cm³/mol. The van der Waals surface area contributed by atoms with Gasteiger partial charge in [0.15, 0.2) is 5.69 Å². The number of benzene rings is 4. The molecule has 0 aliphatic heterocycles. The van der Waals surface area contributed by atoms with Crippen LogP contribution in [-0.4, -0.2) is 15.0 Å². The molecule has 0 amide bonds. The van der Waals surface area contributed by atoms with Gasteiger partial charge >= 0.3 is 5.82 Å². The monoisotopic (exact) mass is 393 g/mol. The number of tetrazole rings is 1.